The Morgan fingerprint density at radius 3 is 2.58 bits per heavy atom. The summed E-state index contributed by atoms with van der Waals surface area (Å²) in [5.74, 6) is 0. The van der Waals surface area contributed by atoms with E-state index in [1.165, 1.54) is 6.20 Å². The van der Waals surface area contributed by atoms with Gasteiger partial charge in [-0.25, -0.2) is 4.79 Å². The number of aliphatic hydroxyl groups is 3. The van der Waals surface area contributed by atoms with Crippen LogP contribution in [0, 0.1) is 0 Å². The van der Waals surface area contributed by atoms with E-state index < -0.39 is 42.4 Å². The maximum absolute atomic E-state index is 13.0. The zero-order chi connectivity index (χ0) is 22.1. The molecule has 162 valence electrons. The van der Waals surface area contributed by atoms with Gasteiger partial charge in [-0.3, -0.25) is 18.9 Å². The monoisotopic (exact) mass is 426 g/mol. The fraction of sp³-hybridized carbons (Fsp3) is 0.286. The van der Waals surface area contributed by atoms with Crippen molar-refractivity contribution in [3.05, 3.63) is 81.4 Å². The molecule has 2 aromatic heterocycles. The predicted octanol–water partition coefficient (Wildman–Crippen LogP) is -0.686. The van der Waals surface area contributed by atoms with E-state index in [0.29, 0.717) is 11.4 Å². The molecule has 0 bridgehead atoms. The van der Waals surface area contributed by atoms with E-state index in [1.54, 1.807) is 24.4 Å². The molecule has 4 rings (SSSR count). The second-order valence-electron chi connectivity index (χ2n) is 7.28. The van der Waals surface area contributed by atoms with Gasteiger partial charge in [0.05, 0.1) is 18.8 Å². The molecule has 0 saturated carbocycles. The van der Waals surface area contributed by atoms with Crippen LogP contribution in [0.25, 0.3) is 11.1 Å². The lowest BCUT2D eigenvalue weighted by atomic mass is 10.0. The highest BCUT2D eigenvalue weighted by molar-refractivity contribution is 5.76. The summed E-state index contributed by atoms with van der Waals surface area (Å²) in [5, 5.41) is 29.4. The van der Waals surface area contributed by atoms with Gasteiger partial charge in [0.25, 0.3) is 5.56 Å². The Morgan fingerprint density at radius 1 is 1.10 bits per heavy atom. The first-order valence-corrected chi connectivity index (χ1v) is 9.65. The minimum Gasteiger partial charge on any atom is -0.398 e. The molecule has 3 aromatic rings. The van der Waals surface area contributed by atoms with Gasteiger partial charge in [0, 0.05) is 29.7 Å². The molecule has 1 aliphatic rings. The lowest BCUT2D eigenvalue weighted by molar-refractivity contribution is -0.0555. The lowest BCUT2D eigenvalue weighted by Crippen LogP contribution is -2.43. The van der Waals surface area contributed by atoms with E-state index in [4.69, 9.17) is 10.5 Å². The van der Waals surface area contributed by atoms with Crippen LogP contribution in [0.2, 0.25) is 0 Å². The molecule has 0 amide bonds. The molecule has 31 heavy (non-hydrogen) atoms. The lowest BCUT2D eigenvalue weighted by Gasteiger charge is -2.18. The third kappa shape index (κ3) is 3.89. The third-order valence-corrected chi connectivity index (χ3v) is 5.30. The fourth-order valence-corrected chi connectivity index (χ4v) is 3.63. The van der Waals surface area contributed by atoms with E-state index >= 15 is 0 Å². The smallest absolute Gasteiger partial charge is 0.333 e. The van der Waals surface area contributed by atoms with E-state index in [0.717, 1.165) is 26.3 Å². The van der Waals surface area contributed by atoms with Gasteiger partial charge in [-0.15, -0.1) is 0 Å². The molecule has 5 N–H and O–H groups in total. The van der Waals surface area contributed by atoms with Gasteiger partial charge in [0.1, 0.15) is 18.3 Å². The Balaban J connectivity index is 1.69. The van der Waals surface area contributed by atoms with Crippen molar-refractivity contribution < 1.29 is 20.1 Å². The average molecular weight is 426 g/mol. The highest BCUT2D eigenvalue weighted by Crippen LogP contribution is 2.28. The summed E-state index contributed by atoms with van der Waals surface area (Å²) in [6.07, 6.45) is -2.33. The number of nitrogens with zero attached hydrogens (tertiary/aromatic N) is 3. The molecule has 1 aromatic carbocycles. The topological polar surface area (TPSA) is 153 Å². The molecule has 4 atom stereocenters. The zero-order valence-electron chi connectivity index (χ0n) is 16.4. The quantitative estimate of drug-likeness (QED) is 0.391. The van der Waals surface area contributed by atoms with Crippen LogP contribution in [0.4, 0.5) is 5.69 Å². The van der Waals surface area contributed by atoms with Crippen molar-refractivity contribution >= 4 is 5.69 Å². The maximum Gasteiger partial charge on any atom is 0.333 e. The summed E-state index contributed by atoms with van der Waals surface area (Å²) < 4.78 is 7.38. The molecular weight excluding hydrogens is 404 g/mol. The third-order valence-electron chi connectivity index (χ3n) is 5.30. The van der Waals surface area contributed by atoms with Crippen molar-refractivity contribution in [1.82, 2.24) is 14.1 Å². The first-order valence-electron chi connectivity index (χ1n) is 9.65. The number of ether oxygens (including phenoxy) is 1. The van der Waals surface area contributed by atoms with Crippen LogP contribution in [0.15, 0.2) is 64.4 Å². The minimum atomic E-state index is -1.44. The van der Waals surface area contributed by atoms with Gasteiger partial charge in [-0.2, -0.15) is 0 Å². The molecule has 0 spiro atoms. The van der Waals surface area contributed by atoms with Crippen LogP contribution in [-0.4, -0.2) is 54.4 Å². The highest BCUT2D eigenvalue weighted by atomic mass is 16.6. The molecule has 1 aliphatic heterocycles. The Labute approximate surface area is 176 Å². The minimum absolute atomic E-state index is 0.117. The standard InChI is InChI=1S/C21H22N4O6/c22-15-4-2-1-3-14(15)12-5-7-23-13(9-12)10-25-17(27)6-8-24(21(25)30)20-19(29)18(28)16(11-26)31-20/h1-9,16,18-20,26,28-29H,10-11,22H2/t16-,18?,19?,20-/m1/s1. The Bertz CT molecular complexity index is 1210. The van der Waals surface area contributed by atoms with Gasteiger partial charge >= 0.3 is 5.69 Å². The van der Waals surface area contributed by atoms with Crippen LogP contribution in [0.5, 0.6) is 0 Å². The van der Waals surface area contributed by atoms with Crippen LogP contribution in [0.1, 0.15) is 11.9 Å². The van der Waals surface area contributed by atoms with Crippen molar-refractivity contribution in [1.29, 1.82) is 0 Å². The zero-order valence-corrected chi connectivity index (χ0v) is 16.4. The van der Waals surface area contributed by atoms with Gasteiger partial charge in [0.15, 0.2) is 6.23 Å². The molecule has 10 heteroatoms. The Hall–Kier alpha value is -3.31. The van der Waals surface area contributed by atoms with Crippen LogP contribution in [-0.2, 0) is 11.3 Å². The summed E-state index contributed by atoms with van der Waals surface area (Å²) in [5.41, 5.74) is 7.37. The largest absolute Gasteiger partial charge is 0.398 e. The summed E-state index contributed by atoms with van der Waals surface area (Å²) in [6.45, 7) is -0.643. The number of para-hydroxylation sites is 1. The first kappa shape index (κ1) is 20.9. The Kier molecular flexibility index (Phi) is 5.70. The molecular formula is C21H22N4O6. The van der Waals surface area contributed by atoms with Gasteiger partial charge in [0.2, 0.25) is 0 Å². The number of hydrogen-bond acceptors (Lipinski definition) is 8. The number of anilines is 1. The second-order valence-corrected chi connectivity index (χ2v) is 7.28. The molecule has 0 aliphatic carbocycles. The molecule has 10 nitrogen and oxygen atoms in total. The van der Waals surface area contributed by atoms with Crippen LogP contribution < -0.4 is 17.0 Å². The number of rotatable bonds is 5. The molecule has 1 saturated heterocycles. The molecule has 3 heterocycles. The van der Waals surface area contributed by atoms with Crippen molar-refractivity contribution in [2.75, 3.05) is 12.3 Å². The number of aromatic nitrogens is 3. The summed E-state index contributed by atoms with van der Waals surface area (Å²) in [7, 11) is 0. The van der Waals surface area contributed by atoms with Gasteiger partial charge in [-0.1, -0.05) is 18.2 Å². The molecule has 2 unspecified atom stereocenters. The van der Waals surface area contributed by atoms with E-state index in [-0.39, 0.29) is 6.54 Å². The Morgan fingerprint density at radius 2 is 1.87 bits per heavy atom. The summed E-state index contributed by atoms with van der Waals surface area (Å²) in [4.78, 5) is 29.6. The van der Waals surface area contributed by atoms with E-state index in [9.17, 15) is 24.9 Å². The molecule has 1 fully saturated rings. The van der Waals surface area contributed by atoms with Gasteiger partial charge in [-0.05, 0) is 23.8 Å². The number of benzene rings is 1. The SMILES string of the molecule is Nc1ccccc1-c1ccnc(Cn2c(=O)ccn([C@@H]3O[C@H](CO)C(O)C3O)c2=O)c1. The van der Waals surface area contributed by atoms with Crippen molar-refractivity contribution in [2.24, 2.45) is 0 Å². The number of aliphatic hydroxyl groups excluding tert-OH is 3. The van der Waals surface area contributed by atoms with Crippen molar-refractivity contribution in [3.63, 3.8) is 0 Å². The number of nitrogens with two attached hydrogens (primary N) is 1. The normalized spacial score (nSPS) is 23.2. The number of pyridine rings is 1. The predicted molar refractivity (Wildman–Crippen MR) is 111 cm³/mol. The first-order chi connectivity index (χ1) is 14.9. The highest BCUT2D eigenvalue weighted by Gasteiger charge is 2.43. The van der Waals surface area contributed by atoms with Crippen molar-refractivity contribution in [2.45, 2.75) is 31.1 Å². The fourth-order valence-electron chi connectivity index (χ4n) is 3.63. The summed E-state index contributed by atoms with van der Waals surface area (Å²) >= 11 is 0. The van der Waals surface area contributed by atoms with Gasteiger partial charge < -0.3 is 25.8 Å². The number of nitrogen functional groups attached to an aromatic ring is 1. The second kappa shape index (κ2) is 8.44. The van der Waals surface area contributed by atoms with E-state index in [2.05, 4.69) is 4.98 Å². The summed E-state index contributed by atoms with van der Waals surface area (Å²) in [6, 6.07) is 12.0. The van der Waals surface area contributed by atoms with Crippen LogP contribution in [0.3, 0.4) is 0 Å². The number of hydrogen-bond donors (Lipinski definition) is 4. The maximum atomic E-state index is 13.0. The molecule has 0 radical (unpaired) electrons. The average Bonchev–Trinajstić information content (AvgIpc) is 3.05. The van der Waals surface area contributed by atoms with E-state index in [1.807, 2.05) is 18.2 Å². The van der Waals surface area contributed by atoms with Crippen LogP contribution >= 0.6 is 0 Å². The van der Waals surface area contributed by atoms with Crippen molar-refractivity contribution in [3.8, 4) is 11.1 Å².